The summed E-state index contributed by atoms with van der Waals surface area (Å²) in [4.78, 5) is 8.26. The Labute approximate surface area is 104 Å². The first-order chi connectivity index (χ1) is 8.75. The van der Waals surface area contributed by atoms with Gasteiger partial charge in [0, 0.05) is 23.4 Å². The van der Waals surface area contributed by atoms with Crippen molar-refractivity contribution in [2.45, 2.75) is 0 Å². The lowest BCUT2D eigenvalue weighted by atomic mass is 9.83. The fraction of sp³-hybridized carbons (Fsp3) is 0. The summed E-state index contributed by atoms with van der Waals surface area (Å²) in [6, 6.07) is 9.74. The predicted octanol–water partition coefficient (Wildman–Crippen LogP) is 0.0761. The maximum Gasteiger partial charge on any atom is 0.491 e. The molecule has 0 aliphatic heterocycles. The molecule has 0 radical (unpaired) electrons. The molecule has 0 spiro atoms. The van der Waals surface area contributed by atoms with Crippen LogP contribution in [0.1, 0.15) is 0 Å². The molecule has 0 saturated heterocycles. The number of benzene rings is 1. The van der Waals surface area contributed by atoms with Gasteiger partial charge in [-0.25, -0.2) is 9.97 Å². The minimum absolute atomic E-state index is 0.331. The van der Waals surface area contributed by atoms with E-state index in [0.717, 1.165) is 11.3 Å². The van der Waals surface area contributed by atoms with Crippen molar-refractivity contribution in [3.63, 3.8) is 0 Å². The van der Waals surface area contributed by atoms with Crippen LogP contribution in [0.3, 0.4) is 0 Å². The average molecular weight is 239 g/mol. The van der Waals surface area contributed by atoms with Crippen molar-refractivity contribution in [2.75, 3.05) is 0 Å². The van der Waals surface area contributed by atoms with E-state index in [9.17, 15) is 0 Å². The van der Waals surface area contributed by atoms with Crippen LogP contribution < -0.4 is 5.46 Å². The zero-order chi connectivity index (χ0) is 12.5. The highest BCUT2D eigenvalue weighted by Crippen LogP contribution is 2.18. The standard InChI is InChI=1S/C12H10BN3O2/c17-13(18)10-6-14-12-15-7-11(16(12)8-10)9-4-2-1-3-5-9/h1-8,17-18H. The predicted molar refractivity (Wildman–Crippen MR) is 68.2 cm³/mol. The fourth-order valence-electron chi connectivity index (χ4n) is 1.84. The van der Waals surface area contributed by atoms with Gasteiger partial charge in [0.15, 0.2) is 0 Å². The van der Waals surface area contributed by atoms with E-state index in [1.54, 1.807) is 16.8 Å². The summed E-state index contributed by atoms with van der Waals surface area (Å²) in [5.41, 5.74) is 2.19. The van der Waals surface area contributed by atoms with Crippen molar-refractivity contribution in [3.8, 4) is 11.3 Å². The van der Waals surface area contributed by atoms with E-state index in [4.69, 9.17) is 10.0 Å². The fourth-order valence-corrected chi connectivity index (χ4v) is 1.84. The third-order valence-electron chi connectivity index (χ3n) is 2.75. The molecule has 2 aromatic heterocycles. The van der Waals surface area contributed by atoms with Crippen LogP contribution in [0, 0.1) is 0 Å². The lowest BCUT2D eigenvalue weighted by Gasteiger charge is -2.03. The number of hydrogen-bond acceptors (Lipinski definition) is 4. The summed E-state index contributed by atoms with van der Waals surface area (Å²) in [5, 5.41) is 18.3. The highest BCUT2D eigenvalue weighted by molar-refractivity contribution is 6.58. The van der Waals surface area contributed by atoms with E-state index in [1.807, 2.05) is 30.3 Å². The van der Waals surface area contributed by atoms with Gasteiger partial charge in [-0.15, -0.1) is 0 Å². The van der Waals surface area contributed by atoms with Crippen molar-refractivity contribution < 1.29 is 10.0 Å². The highest BCUT2D eigenvalue weighted by Gasteiger charge is 2.14. The first-order valence-electron chi connectivity index (χ1n) is 5.50. The Morgan fingerprint density at radius 3 is 2.44 bits per heavy atom. The molecular formula is C12H10BN3O2. The Balaban J connectivity index is 2.21. The lowest BCUT2D eigenvalue weighted by Crippen LogP contribution is -2.31. The van der Waals surface area contributed by atoms with Crippen molar-refractivity contribution in [1.29, 1.82) is 0 Å². The maximum atomic E-state index is 9.16. The Kier molecular flexibility index (Phi) is 2.58. The van der Waals surface area contributed by atoms with Gasteiger partial charge in [-0.2, -0.15) is 0 Å². The van der Waals surface area contributed by atoms with Gasteiger partial charge in [0.2, 0.25) is 5.78 Å². The summed E-state index contributed by atoms with van der Waals surface area (Å²) in [6.45, 7) is 0. The molecule has 0 aliphatic carbocycles. The van der Waals surface area contributed by atoms with Crippen molar-refractivity contribution in [1.82, 2.24) is 14.4 Å². The number of nitrogens with zero attached hydrogens (tertiary/aromatic N) is 3. The van der Waals surface area contributed by atoms with Gasteiger partial charge in [-0.05, 0) is 0 Å². The summed E-state index contributed by atoms with van der Waals surface area (Å²) < 4.78 is 1.74. The highest BCUT2D eigenvalue weighted by atomic mass is 16.4. The van der Waals surface area contributed by atoms with E-state index in [0.29, 0.717) is 11.2 Å². The number of fused-ring (bicyclic) bond motifs is 1. The Morgan fingerprint density at radius 1 is 1.00 bits per heavy atom. The van der Waals surface area contributed by atoms with Crippen LogP contribution in [0.15, 0.2) is 48.9 Å². The topological polar surface area (TPSA) is 70.7 Å². The molecule has 2 N–H and O–H groups in total. The molecule has 0 atom stereocenters. The minimum atomic E-state index is -1.53. The van der Waals surface area contributed by atoms with E-state index in [2.05, 4.69) is 9.97 Å². The van der Waals surface area contributed by atoms with Gasteiger partial charge in [0.25, 0.3) is 0 Å². The molecule has 0 unspecified atom stereocenters. The summed E-state index contributed by atoms with van der Waals surface area (Å²) in [7, 11) is -1.53. The van der Waals surface area contributed by atoms with Gasteiger partial charge in [0.05, 0.1) is 11.9 Å². The largest absolute Gasteiger partial charge is 0.491 e. The second kappa shape index (κ2) is 4.25. The molecule has 0 amide bonds. The first kappa shape index (κ1) is 10.9. The molecule has 0 fully saturated rings. The van der Waals surface area contributed by atoms with Crippen molar-refractivity contribution in [3.05, 3.63) is 48.9 Å². The van der Waals surface area contributed by atoms with Crippen LogP contribution in [-0.2, 0) is 0 Å². The second-order valence-electron chi connectivity index (χ2n) is 3.94. The van der Waals surface area contributed by atoms with Gasteiger partial charge in [-0.3, -0.25) is 4.40 Å². The molecule has 3 aromatic rings. The summed E-state index contributed by atoms with van der Waals surface area (Å²) in [6.07, 6.45) is 4.75. The number of aromatic nitrogens is 3. The molecule has 2 heterocycles. The second-order valence-corrected chi connectivity index (χ2v) is 3.94. The van der Waals surface area contributed by atoms with Crippen molar-refractivity contribution >= 4 is 18.4 Å². The number of imidazole rings is 1. The first-order valence-corrected chi connectivity index (χ1v) is 5.50. The quantitative estimate of drug-likeness (QED) is 0.621. The van der Waals surface area contributed by atoms with E-state index < -0.39 is 7.12 Å². The molecule has 88 valence electrons. The normalized spacial score (nSPS) is 10.8. The molecule has 1 aromatic carbocycles. The third-order valence-corrected chi connectivity index (χ3v) is 2.75. The van der Waals surface area contributed by atoms with Gasteiger partial charge in [-0.1, -0.05) is 30.3 Å². The number of hydrogen-bond donors (Lipinski definition) is 2. The smallest absolute Gasteiger partial charge is 0.423 e. The van der Waals surface area contributed by atoms with E-state index in [1.165, 1.54) is 6.20 Å². The monoisotopic (exact) mass is 239 g/mol. The van der Waals surface area contributed by atoms with Gasteiger partial charge < -0.3 is 10.0 Å². The Bertz CT molecular complexity index is 682. The van der Waals surface area contributed by atoms with Crippen LogP contribution in [0.5, 0.6) is 0 Å². The SMILES string of the molecule is OB(O)c1cnc2ncc(-c3ccccc3)n2c1. The lowest BCUT2D eigenvalue weighted by molar-refractivity contribution is 0.425. The maximum absolute atomic E-state index is 9.16. The van der Waals surface area contributed by atoms with E-state index >= 15 is 0 Å². The molecule has 6 heteroatoms. The molecule has 0 saturated carbocycles. The van der Waals surface area contributed by atoms with Crippen LogP contribution >= 0.6 is 0 Å². The number of rotatable bonds is 2. The van der Waals surface area contributed by atoms with Gasteiger partial charge in [0.1, 0.15) is 0 Å². The van der Waals surface area contributed by atoms with Crippen LogP contribution in [-0.4, -0.2) is 31.5 Å². The molecule has 18 heavy (non-hydrogen) atoms. The summed E-state index contributed by atoms with van der Waals surface area (Å²) in [5.74, 6) is 0.526. The van der Waals surface area contributed by atoms with Gasteiger partial charge >= 0.3 is 7.12 Å². The molecule has 0 aliphatic rings. The molecule has 3 rings (SSSR count). The van der Waals surface area contributed by atoms with E-state index in [-0.39, 0.29) is 0 Å². The van der Waals surface area contributed by atoms with Crippen LogP contribution in [0.4, 0.5) is 0 Å². The summed E-state index contributed by atoms with van der Waals surface area (Å²) >= 11 is 0. The zero-order valence-corrected chi connectivity index (χ0v) is 9.43. The Morgan fingerprint density at radius 2 is 1.72 bits per heavy atom. The third kappa shape index (κ3) is 1.77. The average Bonchev–Trinajstić information content (AvgIpc) is 2.82. The van der Waals surface area contributed by atoms with Crippen molar-refractivity contribution in [2.24, 2.45) is 0 Å². The molecule has 5 nitrogen and oxygen atoms in total. The molecule has 0 bridgehead atoms. The van der Waals surface area contributed by atoms with Crippen LogP contribution in [0.2, 0.25) is 0 Å². The van der Waals surface area contributed by atoms with Crippen LogP contribution in [0.25, 0.3) is 17.0 Å². The zero-order valence-electron chi connectivity index (χ0n) is 9.43. The Hall–Kier alpha value is -2.18. The molecular weight excluding hydrogens is 229 g/mol. The minimum Gasteiger partial charge on any atom is -0.423 e.